The van der Waals surface area contributed by atoms with Gasteiger partial charge in [-0.25, -0.2) is 0 Å². The summed E-state index contributed by atoms with van der Waals surface area (Å²) in [7, 11) is 1.81. The predicted octanol–water partition coefficient (Wildman–Crippen LogP) is 2.60. The molecule has 0 radical (unpaired) electrons. The maximum Gasteiger partial charge on any atom is 0.0343 e. The lowest BCUT2D eigenvalue weighted by Gasteiger charge is -1.94. The molecule has 0 N–H and O–H groups in total. The molecule has 0 aromatic heterocycles. The first-order valence-corrected chi connectivity index (χ1v) is 3.45. The maximum atomic E-state index is 4.06. The minimum Gasteiger partial charge on any atom is -0.293 e. The van der Waals surface area contributed by atoms with Gasteiger partial charge in [-0.2, -0.15) is 0 Å². The average Bonchev–Trinajstić information content (AvgIpc) is 1.98. The van der Waals surface area contributed by atoms with Crippen molar-refractivity contribution in [3.05, 3.63) is 23.8 Å². The number of nitrogens with zero attached hydrogens (tertiary/aromatic N) is 1. The minimum atomic E-state index is 1.10. The molecule has 0 aromatic rings. The van der Waals surface area contributed by atoms with E-state index in [2.05, 4.69) is 18.0 Å². The lowest BCUT2D eigenvalue weighted by atomic mass is 10.2. The molecule has 0 aliphatic rings. The van der Waals surface area contributed by atoms with Gasteiger partial charge in [0.1, 0.15) is 0 Å². The summed E-state index contributed by atoms with van der Waals surface area (Å²) in [6.45, 7) is 6.07. The second-order valence-corrected chi connectivity index (χ2v) is 2.18. The molecular weight excluding hydrogens is 122 g/mol. The Morgan fingerprint density at radius 3 is 2.30 bits per heavy atom. The Morgan fingerprint density at radius 1 is 1.30 bits per heavy atom. The second kappa shape index (κ2) is 4.98. The zero-order chi connectivity index (χ0) is 7.98. The zero-order valence-corrected chi connectivity index (χ0v) is 7.18. The lowest BCUT2D eigenvalue weighted by Crippen LogP contribution is -1.91. The summed E-state index contributed by atoms with van der Waals surface area (Å²) in [4.78, 5) is 4.06. The molecular formula is C9H15N. The summed E-state index contributed by atoms with van der Waals surface area (Å²) in [6, 6.07) is 0. The fourth-order valence-corrected chi connectivity index (χ4v) is 0.538. The van der Waals surface area contributed by atoms with E-state index in [0.29, 0.717) is 0 Å². The molecule has 0 heterocycles. The Kier molecular flexibility index (Phi) is 4.55. The molecule has 0 saturated carbocycles. The van der Waals surface area contributed by atoms with Crippen LogP contribution < -0.4 is 0 Å². The Labute approximate surface area is 63.2 Å². The quantitative estimate of drug-likeness (QED) is 0.410. The molecule has 1 nitrogen and oxygen atoms in total. The average molecular weight is 137 g/mol. The Bertz CT molecular complexity index is 173. The summed E-state index contributed by atoms with van der Waals surface area (Å²) in [5.41, 5.74) is 2.32. The van der Waals surface area contributed by atoms with Gasteiger partial charge in [-0.15, -0.1) is 0 Å². The standard InChI is InChI=1S/C9H15N/c1-5-6-7-8(2)9(3)10-4/h5-7H,1-4H3/b6-5-,8-7-,10-9?. The largest absolute Gasteiger partial charge is 0.293 e. The molecule has 0 saturated heterocycles. The van der Waals surface area contributed by atoms with Crippen LogP contribution in [0.4, 0.5) is 0 Å². The number of allylic oxidation sites excluding steroid dienone is 4. The van der Waals surface area contributed by atoms with Crippen molar-refractivity contribution >= 4 is 5.71 Å². The number of rotatable bonds is 2. The van der Waals surface area contributed by atoms with E-state index in [1.54, 1.807) is 0 Å². The predicted molar refractivity (Wildman–Crippen MR) is 47.6 cm³/mol. The third-order valence-electron chi connectivity index (χ3n) is 1.44. The molecule has 0 aliphatic carbocycles. The highest BCUT2D eigenvalue weighted by Gasteiger charge is 1.88. The van der Waals surface area contributed by atoms with Crippen LogP contribution in [0.1, 0.15) is 20.8 Å². The molecule has 0 fully saturated rings. The van der Waals surface area contributed by atoms with Gasteiger partial charge in [0, 0.05) is 12.8 Å². The van der Waals surface area contributed by atoms with Crippen molar-refractivity contribution in [3.8, 4) is 0 Å². The summed E-state index contributed by atoms with van der Waals surface area (Å²) >= 11 is 0. The van der Waals surface area contributed by atoms with E-state index in [4.69, 9.17) is 0 Å². The van der Waals surface area contributed by atoms with E-state index in [0.717, 1.165) is 5.71 Å². The van der Waals surface area contributed by atoms with E-state index in [9.17, 15) is 0 Å². The van der Waals surface area contributed by atoms with E-state index < -0.39 is 0 Å². The van der Waals surface area contributed by atoms with Crippen molar-refractivity contribution in [2.45, 2.75) is 20.8 Å². The van der Waals surface area contributed by atoms with Crippen LogP contribution in [-0.4, -0.2) is 12.8 Å². The molecule has 10 heavy (non-hydrogen) atoms. The van der Waals surface area contributed by atoms with Crippen molar-refractivity contribution in [1.82, 2.24) is 0 Å². The highest BCUT2D eigenvalue weighted by atomic mass is 14.7. The first-order chi connectivity index (χ1) is 4.72. The van der Waals surface area contributed by atoms with Gasteiger partial charge in [0.25, 0.3) is 0 Å². The van der Waals surface area contributed by atoms with Crippen LogP contribution in [0, 0.1) is 0 Å². The highest BCUT2D eigenvalue weighted by molar-refractivity contribution is 5.97. The molecule has 0 rings (SSSR count). The second-order valence-electron chi connectivity index (χ2n) is 2.18. The molecule has 56 valence electrons. The van der Waals surface area contributed by atoms with Crippen LogP contribution in [0.3, 0.4) is 0 Å². The fraction of sp³-hybridized carbons (Fsp3) is 0.444. The van der Waals surface area contributed by atoms with Crippen molar-refractivity contribution < 1.29 is 0 Å². The zero-order valence-electron chi connectivity index (χ0n) is 7.18. The summed E-state index contributed by atoms with van der Waals surface area (Å²) in [5.74, 6) is 0. The Hall–Kier alpha value is -0.850. The van der Waals surface area contributed by atoms with Crippen LogP contribution in [0.15, 0.2) is 28.8 Å². The van der Waals surface area contributed by atoms with Gasteiger partial charge >= 0.3 is 0 Å². The van der Waals surface area contributed by atoms with Gasteiger partial charge in [-0.05, 0) is 26.3 Å². The molecule has 0 aliphatic heterocycles. The molecule has 0 unspecified atom stereocenters. The van der Waals surface area contributed by atoms with E-state index in [1.165, 1.54) is 5.57 Å². The van der Waals surface area contributed by atoms with Crippen molar-refractivity contribution in [1.29, 1.82) is 0 Å². The molecule has 0 spiro atoms. The number of aliphatic imine (C=N–C) groups is 1. The number of hydrogen-bond donors (Lipinski definition) is 0. The van der Waals surface area contributed by atoms with Crippen LogP contribution in [0.25, 0.3) is 0 Å². The third-order valence-corrected chi connectivity index (χ3v) is 1.44. The molecule has 0 bridgehead atoms. The third kappa shape index (κ3) is 3.23. The SMILES string of the molecule is C/C=C\C=C(\C)C(C)=NC. The first kappa shape index (κ1) is 9.15. The Balaban J connectivity index is 4.19. The highest BCUT2D eigenvalue weighted by Crippen LogP contribution is 1.95. The summed E-state index contributed by atoms with van der Waals surface area (Å²) < 4.78 is 0. The molecule has 0 aromatic carbocycles. The normalized spacial score (nSPS) is 14.8. The first-order valence-electron chi connectivity index (χ1n) is 3.45. The summed E-state index contributed by atoms with van der Waals surface area (Å²) in [5, 5.41) is 0. The van der Waals surface area contributed by atoms with E-state index >= 15 is 0 Å². The van der Waals surface area contributed by atoms with Crippen LogP contribution in [0.2, 0.25) is 0 Å². The van der Waals surface area contributed by atoms with Gasteiger partial charge in [-0.3, -0.25) is 4.99 Å². The van der Waals surface area contributed by atoms with Gasteiger partial charge in [-0.1, -0.05) is 18.2 Å². The van der Waals surface area contributed by atoms with Crippen LogP contribution in [0.5, 0.6) is 0 Å². The van der Waals surface area contributed by atoms with Crippen molar-refractivity contribution in [3.63, 3.8) is 0 Å². The van der Waals surface area contributed by atoms with Gasteiger partial charge in [0.05, 0.1) is 0 Å². The van der Waals surface area contributed by atoms with Crippen molar-refractivity contribution in [2.75, 3.05) is 7.05 Å². The van der Waals surface area contributed by atoms with Gasteiger partial charge in [0.2, 0.25) is 0 Å². The van der Waals surface area contributed by atoms with Gasteiger partial charge in [0.15, 0.2) is 0 Å². The number of hydrogen-bond acceptors (Lipinski definition) is 1. The smallest absolute Gasteiger partial charge is 0.0343 e. The summed E-state index contributed by atoms with van der Waals surface area (Å²) in [6.07, 6.45) is 6.08. The van der Waals surface area contributed by atoms with Crippen LogP contribution >= 0.6 is 0 Å². The Morgan fingerprint density at radius 2 is 1.90 bits per heavy atom. The maximum absolute atomic E-state index is 4.06. The molecule has 0 atom stereocenters. The monoisotopic (exact) mass is 137 g/mol. The molecule has 1 heteroatoms. The molecule has 0 amide bonds. The van der Waals surface area contributed by atoms with Crippen LogP contribution in [-0.2, 0) is 0 Å². The van der Waals surface area contributed by atoms with E-state index in [-0.39, 0.29) is 0 Å². The van der Waals surface area contributed by atoms with Crippen molar-refractivity contribution in [2.24, 2.45) is 4.99 Å². The van der Waals surface area contributed by atoms with Gasteiger partial charge < -0.3 is 0 Å². The fourth-order valence-electron chi connectivity index (χ4n) is 0.538. The minimum absolute atomic E-state index is 1.10. The van der Waals surface area contributed by atoms with E-state index in [1.807, 2.05) is 33.0 Å². The topological polar surface area (TPSA) is 12.4 Å². The lowest BCUT2D eigenvalue weighted by molar-refractivity contribution is 1.39.